The number of amides is 2. The van der Waals surface area contributed by atoms with Crippen LogP contribution in [0.2, 0.25) is 0 Å². The summed E-state index contributed by atoms with van der Waals surface area (Å²) in [5.41, 5.74) is 0.824. The summed E-state index contributed by atoms with van der Waals surface area (Å²) in [6.45, 7) is 7.19. The number of nitrogens with zero attached hydrogens (tertiary/aromatic N) is 1. The van der Waals surface area contributed by atoms with E-state index in [1.54, 1.807) is 6.08 Å². The minimum absolute atomic E-state index is 0.196. The van der Waals surface area contributed by atoms with Gasteiger partial charge in [-0.15, -0.1) is 0 Å². The fraction of sp³-hybridized carbons (Fsp3) is 0.412. The van der Waals surface area contributed by atoms with Crippen LogP contribution in [0.25, 0.3) is 6.08 Å². The Labute approximate surface area is 135 Å². The van der Waals surface area contributed by atoms with Crippen LogP contribution in [0, 0.1) is 5.92 Å². The number of carbonyl (C=O) groups is 2. The highest BCUT2D eigenvalue weighted by Crippen LogP contribution is 2.34. The topological polar surface area (TPSA) is 46.6 Å². The van der Waals surface area contributed by atoms with E-state index in [9.17, 15) is 9.59 Å². The zero-order chi connectivity index (χ0) is 16.1. The molecule has 0 saturated carbocycles. The fourth-order valence-corrected chi connectivity index (χ4v) is 2.90. The second kappa shape index (κ2) is 7.49. The molecular weight excluding hydrogens is 298 g/mol. The summed E-state index contributed by atoms with van der Waals surface area (Å²) in [5, 5.41) is -0.196. The largest absolute Gasteiger partial charge is 0.493 e. The Morgan fingerprint density at radius 3 is 2.68 bits per heavy atom. The first kappa shape index (κ1) is 16.6. The summed E-state index contributed by atoms with van der Waals surface area (Å²) >= 11 is 0.993. The Hall–Kier alpha value is -1.75. The van der Waals surface area contributed by atoms with Crippen LogP contribution < -0.4 is 4.74 Å². The maximum absolute atomic E-state index is 12.3. The van der Waals surface area contributed by atoms with Gasteiger partial charge in [0, 0.05) is 12.1 Å². The van der Waals surface area contributed by atoms with Crippen molar-refractivity contribution in [3.05, 3.63) is 34.7 Å². The molecule has 1 aliphatic rings. The minimum atomic E-state index is -0.212. The van der Waals surface area contributed by atoms with Crippen LogP contribution in [-0.4, -0.2) is 29.2 Å². The molecule has 0 aliphatic carbocycles. The van der Waals surface area contributed by atoms with Gasteiger partial charge in [-0.05, 0) is 36.2 Å². The average molecular weight is 319 g/mol. The molecule has 2 rings (SSSR count). The van der Waals surface area contributed by atoms with Crippen molar-refractivity contribution in [2.45, 2.75) is 27.2 Å². The molecule has 1 aromatic carbocycles. The zero-order valence-corrected chi connectivity index (χ0v) is 14.0. The van der Waals surface area contributed by atoms with Gasteiger partial charge < -0.3 is 4.74 Å². The summed E-state index contributed by atoms with van der Waals surface area (Å²) in [6.07, 6.45) is 2.51. The molecule has 22 heavy (non-hydrogen) atoms. The number of para-hydroxylation sites is 1. The molecule has 2 amide bonds. The highest BCUT2D eigenvalue weighted by molar-refractivity contribution is 8.18. The molecule has 1 aromatic rings. The fourth-order valence-electron chi connectivity index (χ4n) is 2.05. The first-order valence-electron chi connectivity index (χ1n) is 7.50. The van der Waals surface area contributed by atoms with E-state index in [-0.39, 0.29) is 11.1 Å². The van der Waals surface area contributed by atoms with Crippen LogP contribution in [0.5, 0.6) is 5.75 Å². The third-order valence-electron chi connectivity index (χ3n) is 3.10. The molecule has 0 atom stereocenters. The molecule has 1 fully saturated rings. The molecule has 0 aromatic heterocycles. The Kier molecular flexibility index (Phi) is 5.66. The molecule has 118 valence electrons. The van der Waals surface area contributed by atoms with Crippen molar-refractivity contribution >= 4 is 29.0 Å². The van der Waals surface area contributed by atoms with Gasteiger partial charge in [0.2, 0.25) is 0 Å². The molecule has 1 aliphatic heterocycles. The number of hydrogen-bond acceptors (Lipinski definition) is 4. The van der Waals surface area contributed by atoms with Crippen LogP contribution in [0.3, 0.4) is 0 Å². The summed E-state index contributed by atoms with van der Waals surface area (Å²) in [4.78, 5) is 25.9. The van der Waals surface area contributed by atoms with Crippen LogP contribution in [-0.2, 0) is 4.79 Å². The predicted molar refractivity (Wildman–Crippen MR) is 89.7 cm³/mol. The minimum Gasteiger partial charge on any atom is -0.493 e. The lowest BCUT2D eigenvalue weighted by Crippen LogP contribution is -2.28. The van der Waals surface area contributed by atoms with Crippen LogP contribution >= 0.6 is 11.8 Å². The first-order chi connectivity index (χ1) is 10.5. The molecule has 0 spiro atoms. The Morgan fingerprint density at radius 1 is 1.27 bits per heavy atom. The van der Waals surface area contributed by atoms with Crippen molar-refractivity contribution in [1.82, 2.24) is 4.90 Å². The monoisotopic (exact) mass is 319 g/mol. The van der Waals surface area contributed by atoms with E-state index in [0.717, 1.165) is 29.5 Å². The number of carbonyl (C=O) groups excluding carboxylic acids is 2. The van der Waals surface area contributed by atoms with E-state index < -0.39 is 0 Å². The Bertz CT molecular complexity index is 595. The van der Waals surface area contributed by atoms with Gasteiger partial charge in [-0.3, -0.25) is 14.5 Å². The van der Waals surface area contributed by atoms with Gasteiger partial charge in [-0.1, -0.05) is 39.0 Å². The number of benzene rings is 1. The molecule has 1 saturated heterocycles. The lowest BCUT2D eigenvalue weighted by molar-refractivity contribution is -0.122. The standard InChI is InChI=1S/C17H21NO3S/c1-4-9-18-16(19)15(22-17(18)20)10-13-7-5-6-8-14(13)21-11-12(2)3/h5-8,10,12H,4,9,11H2,1-3H3/b15-10+. The molecule has 0 bridgehead atoms. The average Bonchev–Trinajstić information content (AvgIpc) is 2.74. The number of thioether (sulfide) groups is 1. The third-order valence-corrected chi connectivity index (χ3v) is 4.01. The molecule has 0 unspecified atom stereocenters. The van der Waals surface area contributed by atoms with Crippen molar-refractivity contribution in [3.8, 4) is 5.75 Å². The van der Waals surface area contributed by atoms with Gasteiger partial charge in [0.15, 0.2) is 0 Å². The van der Waals surface area contributed by atoms with Gasteiger partial charge in [-0.2, -0.15) is 0 Å². The van der Waals surface area contributed by atoms with E-state index in [2.05, 4.69) is 13.8 Å². The lowest BCUT2D eigenvalue weighted by Gasteiger charge is -2.11. The number of imide groups is 1. The maximum Gasteiger partial charge on any atom is 0.293 e. The second-order valence-corrected chi connectivity index (χ2v) is 6.57. The number of rotatable bonds is 6. The van der Waals surface area contributed by atoms with E-state index >= 15 is 0 Å². The Morgan fingerprint density at radius 2 is 2.00 bits per heavy atom. The molecule has 1 heterocycles. The van der Waals surface area contributed by atoms with E-state index in [4.69, 9.17) is 4.74 Å². The third kappa shape index (κ3) is 3.91. The van der Waals surface area contributed by atoms with Crippen molar-refractivity contribution < 1.29 is 14.3 Å². The first-order valence-corrected chi connectivity index (χ1v) is 8.31. The molecule has 5 heteroatoms. The van der Waals surface area contributed by atoms with Crippen LogP contribution in [0.15, 0.2) is 29.2 Å². The summed E-state index contributed by atoms with van der Waals surface area (Å²) < 4.78 is 5.78. The van der Waals surface area contributed by atoms with Crippen molar-refractivity contribution in [2.75, 3.05) is 13.2 Å². The van der Waals surface area contributed by atoms with Crippen LogP contribution in [0.1, 0.15) is 32.8 Å². The molecular formula is C17H21NO3S. The van der Waals surface area contributed by atoms with E-state index in [1.165, 1.54) is 4.90 Å². The van der Waals surface area contributed by atoms with Crippen molar-refractivity contribution in [2.24, 2.45) is 5.92 Å². The highest BCUT2D eigenvalue weighted by atomic mass is 32.2. The van der Waals surface area contributed by atoms with Crippen molar-refractivity contribution in [3.63, 3.8) is 0 Å². The van der Waals surface area contributed by atoms with E-state index in [0.29, 0.717) is 24.0 Å². The SMILES string of the molecule is CCCN1C(=O)S/C(=C/c2ccccc2OCC(C)C)C1=O. The van der Waals surface area contributed by atoms with Crippen LogP contribution in [0.4, 0.5) is 4.79 Å². The number of ether oxygens (including phenoxy) is 1. The van der Waals surface area contributed by atoms with Gasteiger partial charge in [0.25, 0.3) is 11.1 Å². The number of hydrogen-bond donors (Lipinski definition) is 0. The summed E-state index contributed by atoms with van der Waals surface area (Å²) in [7, 11) is 0. The summed E-state index contributed by atoms with van der Waals surface area (Å²) in [5.74, 6) is 0.943. The van der Waals surface area contributed by atoms with Crippen molar-refractivity contribution in [1.29, 1.82) is 0 Å². The maximum atomic E-state index is 12.3. The van der Waals surface area contributed by atoms with Gasteiger partial charge in [0.05, 0.1) is 11.5 Å². The summed E-state index contributed by atoms with van der Waals surface area (Å²) in [6, 6.07) is 7.56. The molecule has 4 nitrogen and oxygen atoms in total. The van der Waals surface area contributed by atoms with Gasteiger partial charge >= 0.3 is 0 Å². The highest BCUT2D eigenvalue weighted by Gasteiger charge is 2.34. The normalized spacial score (nSPS) is 16.9. The van der Waals surface area contributed by atoms with Gasteiger partial charge in [-0.25, -0.2) is 0 Å². The molecule has 0 radical (unpaired) electrons. The smallest absolute Gasteiger partial charge is 0.293 e. The quantitative estimate of drug-likeness (QED) is 0.738. The second-order valence-electron chi connectivity index (χ2n) is 5.58. The lowest BCUT2D eigenvalue weighted by atomic mass is 10.1. The van der Waals surface area contributed by atoms with Gasteiger partial charge in [0.1, 0.15) is 5.75 Å². The molecule has 0 N–H and O–H groups in total. The van der Waals surface area contributed by atoms with E-state index in [1.807, 2.05) is 31.2 Å². The Balaban J connectivity index is 2.22. The zero-order valence-electron chi connectivity index (χ0n) is 13.2. The predicted octanol–water partition coefficient (Wildman–Crippen LogP) is 4.17.